The van der Waals surface area contributed by atoms with Crippen LogP contribution < -0.4 is 15.1 Å². The zero-order valence-corrected chi connectivity index (χ0v) is 14.7. The van der Waals surface area contributed by atoms with E-state index in [-0.39, 0.29) is 31.4 Å². The molecule has 140 valence electrons. The largest absolute Gasteiger partial charge is 0.442 e. The average Bonchev–Trinajstić information content (AvgIpc) is 2.96. The number of likely N-dealkylation sites (N-methyl/N-ethyl adjacent to an activating group) is 1. The van der Waals surface area contributed by atoms with Crippen LogP contribution in [0.25, 0.3) is 0 Å². The Kier molecular flexibility index (Phi) is 4.97. The maximum atomic E-state index is 14.6. The Morgan fingerprint density at radius 2 is 2.12 bits per heavy atom. The van der Waals surface area contributed by atoms with Gasteiger partial charge in [0.15, 0.2) is 0 Å². The average molecular weight is 364 g/mol. The van der Waals surface area contributed by atoms with E-state index in [0.717, 1.165) is 0 Å². The lowest BCUT2D eigenvalue weighted by atomic mass is 10.2. The first-order valence-corrected chi connectivity index (χ1v) is 8.36. The van der Waals surface area contributed by atoms with Crippen LogP contribution in [0.3, 0.4) is 0 Å². The standard InChI is InChI=1S/C17H21FN4O4/c1-11(23)19-8-13-9-22(17(25)26-13)12-3-4-15(14(18)7-12)21-6-5-20(2)16(24)10-21/h3-4,7,13H,5-6,8-10H2,1-2H3,(H,19,23)/t13-/m0/s1. The van der Waals surface area contributed by atoms with E-state index in [9.17, 15) is 18.8 Å². The second-order valence-electron chi connectivity index (χ2n) is 6.43. The van der Waals surface area contributed by atoms with Crippen molar-refractivity contribution in [2.75, 3.05) is 49.6 Å². The fraction of sp³-hybridized carbons (Fsp3) is 0.471. The summed E-state index contributed by atoms with van der Waals surface area (Å²) in [7, 11) is 1.72. The quantitative estimate of drug-likeness (QED) is 0.845. The lowest BCUT2D eigenvalue weighted by molar-refractivity contribution is -0.129. The highest BCUT2D eigenvalue weighted by Gasteiger charge is 2.33. The molecule has 8 nitrogen and oxygen atoms in total. The molecule has 1 aromatic rings. The molecule has 0 spiro atoms. The lowest BCUT2D eigenvalue weighted by Gasteiger charge is -2.33. The van der Waals surface area contributed by atoms with Crippen LogP contribution in [-0.2, 0) is 14.3 Å². The number of amides is 3. The summed E-state index contributed by atoms with van der Waals surface area (Å²) in [5.74, 6) is -0.779. The number of cyclic esters (lactones) is 1. The normalized spacial score (nSPS) is 20.4. The fourth-order valence-electron chi connectivity index (χ4n) is 2.98. The van der Waals surface area contributed by atoms with Gasteiger partial charge in [0.2, 0.25) is 11.8 Å². The van der Waals surface area contributed by atoms with Crippen LogP contribution in [0.4, 0.5) is 20.6 Å². The van der Waals surface area contributed by atoms with Gasteiger partial charge in [0.25, 0.3) is 0 Å². The summed E-state index contributed by atoms with van der Waals surface area (Å²) in [6.07, 6.45) is -1.06. The number of hydrogen-bond acceptors (Lipinski definition) is 5. The maximum absolute atomic E-state index is 14.6. The Bertz CT molecular complexity index is 741. The van der Waals surface area contributed by atoms with E-state index in [2.05, 4.69) is 5.32 Å². The minimum absolute atomic E-state index is 0.0661. The van der Waals surface area contributed by atoms with Crippen molar-refractivity contribution >= 4 is 29.3 Å². The van der Waals surface area contributed by atoms with Gasteiger partial charge < -0.3 is 19.9 Å². The molecule has 1 atom stereocenters. The molecule has 9 heteroatoms. The molecule has 2 aliphatic rings. The second-order valence-corrected chi connectivity index (χ2v) is 6.43. The summed E-state index contributed by atoms with van der Waals surface area (Å²) >= 11 is 0. The van der Waals surface area contributed by atoms with Crippen molar-refractivity contribution in [3.8, 4) is 0 Å². The fourth-order valence-corrected chi connectivity index (χ4v) is 2.98. The first-order chi connectivity index (χ1) is 12.3. The van der Waals surface area contributed by atoms with Crippen molar-refractivity contribution in [1.82, 2.24) is 10.2 Å². The third-order valence-corrected chi connectivity index (χ3v) is 4.49. The molecule has 2 aliphatic heterocycles. The van der Waals surface area contributed by atoms with E-state index in [4.69, 9.17) is 4.74 Å². The lowest BCUT2D eigenvalue weighted by Crippen LogP contribution is -2.48. The van der Waals surface area contributed by atoms with Gasteiger partial charge in [-0.25, -0.2) is 9.18 Å². The molecule has 0 aliphatic carbocycles. The molecule has 26 heavy (non-hydrogen) atoms. The molecule has 3 rings (SSSR count). The Morgan fingerprint density at radius 1 is 1.35 bits per heavy atom. The molecular formula is C17H21FN4O4. The number of ether oxygens (including phenoxy) is 1. The first kappa shape index (κ1) is 18.0. The van der Waals surface area contributed by atoms with Crippen LogP contribution in [0.1, 0.15) is 6.92 Å². The molecule has 0 saturated carbocycles. The number of halogens is 1. The Morgan fingerprint density at radius 3 is 2.77 bits per heavy atom. The monoisotopic (exact) mass is 364 g/mol. The summed E-state index contributed by atoms with van der Waals surface area (Å²) < 4.78 is 19.8. The van der Waals surface area contributed by atoms with E-state index >= 15 is 0 Å². The summed E-state index contributed by atoms with van der Waals surface area (Å²) in [5.41, 5.74) is 0.708. The molecule has 0 radical (unpaired) electrons. The van der Waals surface area contributed by atoms with Gasteiger partial charge in [-0.1, -0.05) is 0 Å². The van der Waals surface area contributed by atoms with Gasteiger partial charge in [0.05, 0.1) is 31.0 Å². The minimum atomic E-state index is -0.581. The van der Waals surface area contributed by atoms with Crippen LogP contribution in [0, 0.1) is 5.82 Å². The van der Waals surface area contributed by atoms with Crippen LogP contribution >= 0.6 is 0 Å². The third-order valence-electron chi connectivity index (χ3n) is 4.49. The van der Waals surface area contributed by atoms with Gasteiger partial charge in [-0.05, 0) is 18.2 Å². The highest BCUT2D eigenvalue weighted by molar-refractivity contribution is 5.90. The van der Waals surface area contributed by atoms with Gasteiger partial charge in [0, 0.05) is 27.1 Å². The molecule has 3 amide bonds. The van der Waals surface area contributed by atoms with Gasteiger partial charge in [-0.15, -0.1) is 0 Å². The van der Waals surface area contributed by atoms with E-state index in [0.29, 0.717) is 24.5 Å². The van der Waals surface area contributed by atoms with Gasteiger partial charge in [0.1, 0.15) is 11.9 Å². The summed E-state index contributed by atoms with van der Waals surface area (Å²) in [5, 5.41) is 2.59. The first-order valence-electron chi connectivity index (χ1n) is 8.36. The smallest absolute Gasteiger partial charge is 0.414 e. The number of anilines is 2. The van der Waals surface area contributed by atoms with Crippen molar-refractivity contribution in [3.05, 3.63) is 24.0 Å². The van der Waals surface area contributed by atoms with Crippen LogP contribution in [0.5, 0.6) is 0 Å². The number of hydrogen-bond donors (Lipinski definition) is 1. The van der Waals surface area contributed by atoms with E-state index in [1.54, 1.807) is 29.0 Å². The van der Waals surface area contributed by atoms with Crippen molar-refractivity contribution in [3.63, 3.8) is 0 Å². The molecule has 2 saturated heterocycles. The van der Waals surface area contributed by atoms with E-state index in [1.807, 2.05) is 0 Å². The van der Waals surface area contributed by atoms with Crippen molar-refractivity contribution in [2.24, 2.45) is 0 Å². The van der Waals surface area contributed by atoms with Crippen molar-refractivity contribution in [1.29, 1.82) is 0 Å². The number of carbonyl (C=O) groups excluding carboxylic acids is 3. The zero-order chi connectivity index (χ0) is 18.8. The van der Waals surface area contributed by atoms with Crippen LogP contribution in [0.2, 0.25) is 0 Å². The summed E-state index contributed by atoms with van der Waals surface area (Å²) in [6.45, 7) is 3.02. The summed E-state index contributed by atoms with van der Waals surface area (Å²) in [6, 6.07) is 4.46. The van der Waals surface area contributed by atoms with Crippen molar-refractivity contribution in [2.45, 2.75) is 13.0 Å². The predicted molar refractivity (Wildman–Crippen MR) is 92.5 cm³/mol. The van der Waals surface area contributed by atoms with Crippen molar-refractivity contribution < 1.29 is 23.5 Å². The number of nitrogens with zero attached hydrogens (tertiary/aromatic N) is 3. The topological polar surface area (TPSA) is 82.2 Å². The highest BCUT2D eigenvalue weighted by Crippen LogP contribution is 2.28. The van der Waals surface area contributed by atoms with Gasteiger partial charge in [-0.2, -0.15) is 0 Å². The molecule has 2 heterocycles. The predicted octanol–water partition coefficient (Wildman–Crippen LogP) is 0.565. The number of rotatable bonds is 4. The zero-order valence-electron chi connectivity index (χ0n) is 14.7. The summed E-state index contributed by atoms with van der Waals surface area (Å²) in [4.78, 5) is 39.4. The maximum Gasteiger partial charge on any atom is 0.414 e. The second kappa shape index (κ2) is 7.19. The number of nitrogens with one attached hydrogen (secondary N) is 1. The molecule has 0 unspecified atom stereocenters. The number of piperazine rings is 1. The molecule has 2 fully saturated rings. The molecule has 0 aromatic heterocycles. The SMILES string of the molecule is CC(=O)NC[C@H]1CN(c2ccc(N3CCN(C)C(=O)C3)c(F)c2)C(=O)O1. The third kappa shape index (κ3) is 3.71. The molecule has 1 N–H and O–H groups in total. The van der Waals surface area contributed by atoms with Gasteiger partial charge >= 0.3 is 6.09 Å². The van der Waals surface area contributed by atoms with Gasteiger partial charge in [-0.3, -0.25) is 14.5 Å². The van der Waals surface area contributed by atoms with Crippen LogP contribution in [-0.4, -0.2) is 68.7 Å². The molecule has 0 bridgehead atoms. The van der Waals surface area contributed by atoms with Crippen LogP contribution in [0.15, 0.2) is 18.2 Å². The Labute approximate surface area is 150 Å². The Hall–Kier alpha value is -2.84. The molecular weight excluding hydrogens is 343 g/mol. The molecule has 1 aromatic carbocycles. The number of carbonyl (C=O) groups is 3. The minimum Gasteiger partial charge on any atom is -0.442 e. The Balaban J connectivity index is 1.70. The van der Waals surface area contributed by atoms with E-state index < -0.39 is 18.0 Å². The van der Waals surface area contributed by atoms with E-state index in [1.165, 1.54) is 17.9 Å². The highest BCUT2D eigenvalue weighted by atomic mass is 19.1. The number of benzene rings is 1.